The van der Waals surface area contributed by atoms with Crippen LogP contribution in [-0.2, 0) is 11.8 Å². The molecule has 5 heteroatoms. The number of nitrogens with zero attached hydrogens (tertiary/aromatic N) is 1. The van der Waals surface area contributed by atoms with Crippen LogP contribution < -0.4 is 28.7 Å². The molecule has 1 aromatic rings. The van der Waals surface area contributed by atoms with E-state index >= 15 is 0 Å². The molecule has 5 rings (SSSR count). The largest absolute Gasteiger partial charge is 1.00 e. The van der Waals surface area contributed by atoms with Crippen LogP contribution >= 0.6 is 0 Å². The van der Waals surface area contributed by atoms with Crippen LogP contribution in [0, 0.1) is 5.92 Å². The van der Waals surface area contributed by atoms with Crippen molar-refractivity contribution in [2.45, 2.75) is 36.5 Å². The number of quaternary nitrogens is 1. The van der Waals surface area contributed by atoms with Crippen LogP contribution in [0.1, 0.15) is 17.5 Å². The number of likely N-dealkylation sites (N-methyl/N-ethyl adjacent to an activating group) is 1. The lowest BCUT2D eigenvalue weighted by Crippen LogP contribution is -3.00. The highest BCUT2D eigenvalue weighted by molar-refractivity contribution is 5.61. The maximum atomic E-state index is 10.5. The smallest absolute Gasteiger partial charge is 0.165 e. The summed E-state index contributed by atoms with van der Waals surface area (Å²) in [7, 11) is 4.63. The van der Waals surface area contributed by atoms with E-state index in [-0.39, 0.29) is 41.2 Å². The van der Waals surface area contributed by atoms with Gasteiger partial charge in [-0.3, -0.25) is 0 Å². The Bertz CT molecular complexity index is 716. The maximum absolute atomic E-state index is 10.5. The summed E-state index contributed by atoms with van der Waals surface area (Å²) in [5.41, 5.74) is 2.32. The molecule has 0 saturated carbocycles. The minimum Gasteiger partial charge on any atom is -1.00 e. The van der Waals surface area contributed by atoms with Gasteiger partial charge in [-0.15, -0.1) is 0 Å². The minimum atomic E-state index is -0.594. The summed E-state index contributed by atoms with van der Waals surface area (Å²) in [4.78, 5) is 0. The molecule has 2 aliphatic heterocycles. The monoisotopic (exact) mass is 427 g/mol. The van der Waals surface area contributed by atoms with Crippen molar-refractivity contribution in [1.82, 2.24) is 0 Å². The predicted octanol–water partition coefficient (Wildman–Crippen LogP) is -1.65. The molecule has 0 aromatic heterocycles. The molecular formula is C18H22INO3. The summed E-state index contributed by atoms with van der Waals surface area (Å²) in [6.45, 7) is 1.08. The SMILES string of the molecule is C[N+]1(C)CC[C@]23c4c5ccc(O)c4O[C@H]2[C@@H](O)C=C[C@H]3[C@H]1C5.[I-]. The number of phenolic OH excluding ortho intramolecular Hbond substituents is 1. The second-order valence-corrected chi connectivity index (χ2v) is 7.95. The average molecular weight is 427 g/mol. The second-order valence-electron chi connectivity index (χ2n) is 7.95. The molecule has 1 aromatic carbocycles. The number of piperidine rings is 1. The second kappa shape index (κ2) is 4.64. The number of ether oxygens (including phenoxy) is 1. The van der Waals surface area contributed by atoms with Gasteiger partial charge in [-0.2, -0.15) is 0 Å². The number of likely N-dealkylation sites (tertiary alicyclic amines) is 1. The molecule has 0 radical (unpaired) electrons. The Balaban J connectivity index is 0.00000135. The van der Waals surface area contributed by atoms with Crippen molar-refractivity contribution in [1.29, 1.82) is 0 Å². The summed E-state index contributed by atoms with van der Waals surface area (Å²) >= 11 is 0. The lowest BCUT2D eigenvalue weighted by atomic mass is 9.53. The maximum Gasteiger partial charge on any atom is 0.165 e. The summed E-state index contributed by atoms with van der Waals surface area (Å²) in [6.07, 6.45) is 5.28. The third-order valence-electron chi connectivity index (χ3n) is 6.70. The number of phenols is 1. The zero-order valence-corrected chi connectivity index (χ0v) is 15.5. The number of aromatic hydroxyl groups is 1. The molecule has 124 valence electrons. The molecule has 2 heterocycles. The number of hydrogen-bond donors (Lipinski definition) is 2. The number of benzene rings is 1. The highest BCUT2D eigenvalue weighted by Crippen LogP contribution is 2.63. The first-order valence-corrected chi connectivity index (χ1v) is 8.16. The molecule has 1 spiro atoms. The molecule has 23 heavy (non-hydrogen) atoms. The molecule has 1 saturated heterocycles. The van der Waals surface area contributed by atoms with E-state index in [0.717, 1.165) is 23.9 Å². The van der Waals surface area contributed by atoms with Gasteiger partial charge in [-0.1, -0.05) is 18.2 Å². The number of rotatable bonds is 0. The fourth-order valence-electron chi connectivity index (χ4n) is 5.60. The summed E-state index contributed by atoms with van der Waals surface area (Å²) in [5.74, 6) is 1.22. The van der Waals surface area contributed by atoms with Gasteiger partial charge in [0.25, 0.3) is 0 Å². The summed E-state index contributed by atoms with van der Waals surface area (Å²) in [6, 6.07) is 4.31. The lowest BCUT2D eigenvalue weighted by molar-refractivity contribution is -0.926. The Hall–Kier alpha value is -0.790. The van der Waals surface area contributed by atoms with E-state index in [1.165, 1.54) is 11.1 Å². The van der Waals surface area contributed by atoms with Crippen LogP contribution in [-0.4, -0.2) is 53.6 Å². The first-order valence-electron chi connectivity index (χ1n) is 8.16. The molecule has 0 unspecified atom stereocenters. The van der Waals surface area contributed by atoms with Crippen molar-refractivity contribution in [2.24, 2.45) is 5.92 Å². The molecule has 4 nitrogen and oxygen atoms in total. The van der Waals surface area contributed by atoms with E-state index < -0.39 is 6.10 Å². The highest BCUT2D eigenvalue weighted by Gasteiger charge is 2.67. The lowest BCUT2D eigenvalue weighted by Gasteiger charge is -2.58. The first kappa shape index (κ1) is 15.7. The van der Waals surface area contributed by atoms with Gasteiger partial charge in [-0.25, -0.2) is 0 Å². The normalized spacial score (nSPS) is 40.8. The standard InChI is InChI=1S/C18H21NO3.HI/c1-19(2)8-7-18-11-4-6-14(21)17(18)22-16-13(20)5-3-10(15(16)18)9-12(11)19;/h3-6,11-12,14,17,21H,7-9H2,1-2H3;1H/t11-,12+,14-,17-,18-;/m0./s1. The third-order valence-corrected chi connectivity index (χ3v) is 6.70. The van der Waals surface area contributed by atoms with Crippen molar-refractivity contribution in [3.8, 4) is 11.5 Å². The van der Waals surface area contributed by atoms with Gasteiger partial charge in [-0.05, 0) is 11.6 Å². The van der Waals surface area contributed by atoms with Crippen molar-refractivity contribution in [2.75, 3.05) is 20.6 Å². The van der Waals surface area contributed by atoms with E-state index in [1.54, 1.807) is 6.07 Å². The van der Waals surface area contributed by atoms with Gasteiger partial charge < -0.3 is 43.4 Å². The van der Waals surface area contributed by atoms with Crippen LogP contribution in [0.25, 0.3) is 0 Å². The molecule has 5 atom stereocenters. The molecule has 2 N–H and O–H groups in total. The zero-order chi connectivity index (χ0) is 15.3. The topological polar surface area (TPSA) is 49.7 Å². The van der Waals surface area contributed by atoms with Gasteiger partial charge in [0.1, 0.15) is 18.2 Å². The van der Waals surface area contributed by atoms with Crippen LogP contribution in [0.5, 0.6) is 11.5 Å². The number of aliphatic hydroxyl groups excluding tert-OH is 1. The third kappa shape index (κ3) is 1.68. The Labute approximate surface area is 153 Å². The van der Waals surface area contributed by atoms with Crippen LogP contribution in [0.15, 0.2) is 24.3 Å². The van der Waals surface area contributed by atoms with Gasteiger partial charge in [0, 0.05) is 24.3 Å². The van der Waals surface area contributed by atoms with Gasteiger partial charge in [0.2, 0.25) is 0 Å². The number of aliphatic hydroxyl groups is 1. The Morgan fingerprint density at radius 1 is 1.26 bits per heavy atom. The van der Waals surface area contributed by atoms with Crippen LogP contribution in [0.4, 0.5) is 0 Å². The van der Waals surface area contributed by atoms with Gasteiger partial charge >= 0.3 is 0 Å². The van der Waals surface area contributed by atoms with E-state index in [9.17, 15) is 10.2 Å². The minimum absolute atomic E-state index is 0. The summed E-state index contributed by atoms with van der Waals surface area (Å²) < 4.78 is 7.14. The fourth-order valence-corrected chi connectivity index (χ4v) is 5.60. The van der Waals surface area contributed by atoms with Crippen LogP contribution in [0.2, 0.25) is 0 Å². The molecule has 2 bridgehead atoms. The van der Waals surface area contributed by atoms with Crippen LogP contribution in [0.3, 0.4) is 0 Å². The van der Waals surface area contributed by atoms with Crippen molar-refractivity contribution < 1.29 is 43.4 Å². The van der Waals surface area contributed by atoms with E-state index in [2.05, 4.69) is 26.2 Å². The predicted molar refractivity (Wildman–Crippen MR) is 81.9 cm³/mol. The van der Waals surface area contributed by atoms with Crippen molar-refractivity contribution in [3.63, 3.8) is 0 Å². The Kier molecular flexibility index (Phi) is 3.17. The molecule has 1 fully saturated rings. The molecule has 4 aliphatic rings. The van der Waals surface area contributed by atoms with Crippen molar-refractivity contribution >= 4 is 0 Å². The molecule has 0 amide bonds. The van der Waals surface area contributed by atoms with E-state index in [1.807, 2.05) is 6.08 Å². The van der Waals surface area contributed by atoms with Gasteiger partial charge in [0.15, 0.2) is 11.5 Å². The Morgan fingerprint density at radius 3 is 2.83 bits per heavy atom. The van der Waals surface area contributed by atoms with Gasteiger partial charge in [0.05, 0.1) is 26.1 Å². The van der Waals surface area contributed by atoms with E-state index in [4.69, 9.17) is 4.74 Å². The zero-order valence-electron chi connectivity index (χ0n) is 13.4. The summed E-state index contributed by atoms with van der Waals surface area (Å²) in [5, 5.41) is 20.8. The fraction of sp³-hybridized carbons (Fsp3) is 0.556. The van der Waals surface area contributed by atoms with Crippen molar-refractivity contribution in [3.05, 3.63) is 35.4 Å². The first-order chi connectivity index (χ1) is 10.4. The quantitative estimate of drug-likeness (QED) is 0.297. The number of hydrogen-bond acceptors (Lipinski definition) is 3. The molecule has 2 aliphatic carbocycles. The highest BCUT2D eigenvalue weighted by atomic mass is 127. The van der Waals surface area contributed by atoms with E-state index in [0.29, 0.717) is 17.7 Å². The Morgan fingerprint density at radius 2 is 2.04 bits per heavy atom. The molecular weight excluding hydrogens is 405 g/mol. The number of halogens is 1. The average Bonchev–Trinajstić information content (AvgIpc) is 2.84.